The van der Waals surface area contributed by atoms with E-state index in [1.54, 1.807) is 0 Å². The number of rotatable bonds is 4. The van der Waals surface area contributed by atoms with Gasteiger partial charge in [-0.2, -0.15) is 0 Å². The van der Waals surface area contributed by atoms with Crippen molar-refractivity contribution in [3.63, 3.8) is 0 Å². The van der Waals surface area contributed by atoms with E-state index in [2.05, 4.69) is 26.1 Å². The van der Waals surface area contributed by atoms with Gasteiger partial charge in [0.05, 0.1) is 13.2 Å². The van der Waals surface area contributed by atoms with Gasteiger partial charge in [0.25, 0.3) is 0 Å². The third-order valence-electron chi connectivity index (χ3n) is 3.10. The first-order valence-corrected chi connectivity index (χ1v) is 7.33. The molecule has 0 amide bonds. The molecular formula is C13H18BrClN2O. The van der Waals surface area contributed by atoms with E-state index < -0.39 is 0 Å². The zero-order valence-corrected chi connectivity index (χ0v) is 12.9. The lowest BCUT2D eigenvalue weighted by atomic mass is 10.2. The van der Waals surface area contributed by atoms with Gasteiger partial charge in [-0.1, -0.05) is 11.6 Å². The Bertz CT molecular complexity index is 408. The smallest absolute Gasteiger partial charge is 0.0594 e. The third-order valence-corrected chi connectivity index (χ3v) is 4.16. The highest BCUT2D eigenvalue weighted by atomic mass is 79.9. The highest BCUT2D eigenvalue weighted by molar-refractivity contribution is 9.10. The first kappa shape index (κ1) is 14.1. The maximum atomic E-state index is 6.13. The highest BCUT2D eigenvalue weighted by Crippen LogP contribution is 2.28. The minimum atomic E-state index is 0.798. The minimum absolute atomic E-state index is 0.798. The maximum absolute atomic E-state index is 6.13. The summed E-state index contributed by atoms with van der Waals surface area (Å²) < 4.78 is 6.39. The Kier molecular flexibility index (Phi) is 5.30. The van der Waals surface area contributed by atoms with Crippen molar-refractivity contribution in [2.24, 2.45) is 0 Å². The predicted molar refractivity (Wildman–Crippen MR) is 79.6 cm³/mol. The molecule has 0 aliphatic carbocycles. The fraction of sp³-hybridized carbons (Fsp3) is 0.538. The van der Waals surface area contributed by atoms with E-state index in [-0.39, 0.29) is 0 Å². The van der Waals surface area contributed by atoms with Crippen LogP contribution in [0.1, 0.15) is 5.56 Å². The largest absolute Gasteiger partial charge is 0.383 e. The number of ether oxygens (including phenoxy) is 1. The van der Waals surface area contributed by atoms with Crippen molar-refractivity contribution in [3.8, 4) is 0 Å². The second-order valence-electron chi connectivity index (χ2n) is 4.46. The van der Waals surface area contributed by atoms with Gasteiger partial charge in [-0.3, -0.25) is 4.90 Å². The summed E-state index contributed by atoms with van der Waals surface area (Å²) in [6, 6.07) is 4.01. The van der Waals surface area contributed by atoms with Gasteiger partial charge in [-0.25, -0.2) is 0 Å². The summed E-state index contributed by atoms with van der Waals surface area (Å²) in [6.45, 7) is 7.69. The molecular weight excluding hydrogens is 316 g/mol. The van der Waals surface area contributed by atoms with Crippen molar-refractivity contribution in [2.75, 3.05) is 44.7 Å². The second kappa shape index (κ2) is 6.75. The molecule has 5 heteroatoms. The topological polar surface area (TPSA) is 24.5 Å². The number of morpholine rings is 1. The molecule has 1 aromatic rings. The van der Waals surface area contributed by atoms with Gasteiger partial charge in [0.15, 0.2) is 0 Å². The maximum Gasteiger partial charge on any atom is 0.0594 e. The van der Waals surface area contributed by atoms with Crippen molar-refractivity contribution >= 4 is 33.2 Å². The van der Waals surface area contributed by atoms with E-state index in [0.717, 1.165) is 60.1 Å². The first-order valence-electron chi connectivity index (χ1n) is 6.16. The van der Waals surface area contributed by atoms with Crippen molar-refractivity contribution < 1.29 is 4.74 Å². The molecule has 18 heavy (non-hydrogen) atoms. The molecule has 0 saturated carbocycles. The van der Waals surface area contributed by atoms with Crippen LogP contribution in [0.5, 0.6) is 0 Å². The first-order chi connectivity index (χ1) is 8.66. The Morgan fingerprint density at radius 2 is 2.11 bits per heavy atom. The van der Waals surface area contributed by atoms with Gasteiger partial charge in [0.1, 0.15) is 0 Å². The molecule has 0 aromatic heterocycles. The van der Waals surface area contributed by atoms with Gasteiger partial charge >= 0.3 is 0 Å². The molecule has 1 aromatic carbocycles. The Balaban J connectivity index is 1.84. The van der Waals surface area contributed by atoms with Gasteiger partial charge < -0.3 is 10.1 Å². The van der Waals surface area contributed by atoms with Crippen LogP contribution in [0.4, 0.5) is 5.69 Å². The lowest BCUT2D eigenvalue weighted by Gasteiger charge is -2.26. The van der Waals surface area contributed by atoms with E-state index in [4.69, 9.17) is 16.3 Å². The number of nitrogens with zero attached hydrogens (tertiary/aromatic N) is 1. The average Bonchev–Trinajstić information content (AvgIpc) is 2.37. The van der Waals surface area contributed by atoms with Gasteiger partial charge in [0.2, 0.25) is 0 Å². The molecule has 2 rings (SSSR count). The van der Waals surface area contributed by atoms with Crippen LogP contribution in [0.2, 0.25) is 5.02 Å². The van der Waals surface area contributed by atoms with Crippen molar-refractivity contribution in [2.45, 2.75) is 6.92 Å². The quantitative estimate of drug-likeness (QED) is 0.916. The summed E-state index contributed by atoms with van der Waals surface area (Å²) in [4.78, 5) is 2.40. The second-order valence-corrected chi connectivity index (χ2v) is 5.72. The van der Waals surface area contributed by atoms with Crippen LogP contribution in [-0.4, -0.2) is 44.3 Å². The van der Waals surface area contributed by atoms with E-state index in [1.807, 2.05) is 19.1 Å². The Labute approximate surface area is 122 Å². The summed E-state index contributed by atoms with van der Waals surface area (Å²) in [5, 5.41) is 4.21. The molecule has 0 bridgehead atoms. The summed E-state index contributed by atoms with van der Waals surface area (Å²) in [5.41, 5.74) is 2.14. The van der Waals surface area contributed by atoms with Gasteiger partial charge in [-0.05, 0) is 40.5 Å². The van der Waals surface area contributed by atoms with Crippen molar-refractivity contribution in [3.05, 3.63) is 27.2 Å². The third kappa shape index (κ3) is 3.85. The fourth-order valence-corrected chi connectivity index (χ4v) is 2.72. The Morgan fingerprint density at radius 3 is 2.83 bits per heavy atom. The van der Waals surface area contributed by atoms with Crippen LogP contribution in [0.3, 0.4) is 0 Å². The number of nitrogens with one attached hydrogen (secondary N) is 1. The van der Waals surface area contributed by atoms with Crippen molar-refractivity contribution in [1.82, 2.24) is 4.90 Å². The number of aryl methyl sites for hydroxylation is 1. The van der Waals surface area contributed by atoms with Crippen LogP contribution in [0.25, 0.3) is 0 Å². The lowest BCUT2D eigenvalue weighted by molar-refractivity contribution is 0.0398. The molecule has 1 heterocycles. The zero-order chi connectivity index (χ0) is 13.0. The molecule has 3 nitrogen and oxygen atoms in total. The summed E-state index contributed by atoms with van der Waals surface area (Å²) >= 11 is 9.68. The van der Waals surface area contributed by atoms with Gasteiger partial charge in [0, 0.05) is 41.4 Å². The van der Waals surface area contributed by atoms with Crippen LogP contribution < -0.4 is 5.32 Å². The standard InChI is InChI=1S/C13H18BrClN2O/c1-10-8-11(14)13(9-12(10)15)16-2-3-17-4-6-18-7-5-17/h8-9,16H,2-7H2,1H3. The van der Waals surface area contributed by atoms with Gasteiger partial charge in [-0.15, -0.1) is 0 Å². The molecule has 1 saturated heterocycles. The number of halogens is 2. The molecule has 0 radical (unpaired) electrons. The summed E-state index contributed by atoms with van der Waals surface area (Å²) in [7, 11) is 0. The zero-order valence-electron chi connectivity index (χ0n) is 10.5. The number of benzene rings is 1. The minimum Gasteiger partial charge on any atom is -0.383 e. The molecule has 1 aliphatic heterocycles. The number of hydrogen-bond donors (Lipinski definition) is 1. The van der Waals surface area contributed by atoms with Crippen LogP contribution in [0, 0.1) is 6.92 Å². The summed E-state index contributed by atoms with van der Waals surface area (Å²) in [5.74, 6) is 0. The SMILES string of the molecule is Cc1cc(Br)c(NCCN2CCOCC2)cc1Cl. The Hall–Kier alpha value is -0.290. The van der Waals surface area contributed by atoms with Crippen LogP contribution >= 0.6 is 27.5 Å². The molecule has 0 unspecified atom stereocenters. The highest BCUT2D eigenvalue weighted by Gasteiger charge is 2.10. The monoisotopic (exact) mass is 332 g/mol. The average molecular weight is 334 g/mol. The molecule has 0 atom stereocenters. The van der Waals surface area contributed by atoms with E-state index in [1.165, 1.54) is 0 Å². The number of hydrogen-bond acceptors (Lipinski definition) is 3. The van der Waals surface area contributed by atoms with E-state index >= 15 is 0 Å². The Morgan fingerprint density at radius 1 is 1.39 bits per heavy atom. The van der Waals surface area contributed by atoms with E-state index in [0.29, 0.717) is 0 Å². The summed E-state index contributed by atoms with van der Waals surface area (Å²) in [6.07, 6.45) is 0. The predicted octanol–water partition coefficient (Wildman–Crippen LogP) is 3.16. The van der Waals surface area contributed by atoms with E-state index in [9.17, 15) is 0 Å². The molecule has 100 valence electrons. The molecule has 1 aliphatic rings. The number of anilines is 1. The van der Waals surface area contributed by atoms with Crippen molar-refractivity contribution in [1.29, 1.82) is 0 Å². The van der Waals surface area contributed by atoms with Crippen LogP contribution in [0.15, 0.2) is 16.6 Å². The molecule has 1 fully saturated rings. The fourth-order valence-electron chi connectivity index (χ4n) is 1.96. The van der Waals surface area contributed by atoms with Crippen LogP contribution in [-0.2, 0) is 4.74 Å². The molecule has 0 spiro atoms. The molecule has 1 N–H and O–H groups in total. The normalized spacial score (nSPS) is 16.8. The lowest BCUT2D eigenvalue weighted by Crippen LogP contribution is -2.39.